The van der Waals surface area contributed by atoms with Gasteiger partial charge in [-0.15, -0.1) is 0 Å². The second-order valence-electron chi connectivity index (χ2n) is 6.76. The fourth-order valence-corrected chi connectivity index (χ4v) is 7.42. The number of nitrogens with one attached hydrogen (secondary N) is 3. The molecule has 0 atom stereocenters. The summed E-state index contributed by atoms with van der Waals surface area (Å²) < 4.78 is 20.5. The Hall–Kier alpha value is -1.52. The predicted molar refractivity (Wildman–Crippen MR) is 149 cm³/mol. The van der Waals surface area contributed by atoms with Gasteiger partial charge in [-0.25, -0.2) is 4.99 Å². The van der Waals surface area contributed by atoms with Crippen molar-refractivity contribution in [3.63, 3.8) is 0 Å². The third-order valence-electron chi connectivity index (χ3n) is 3.79. The van der Waals surface area contributed by atoms with Crippen LogP contribution >= 0.6 is 47.0 Å². The lowest BCUT2D eigenvalue weighted by Gasteiger charge is -2.33. The van der Waals surface area contributed by atoms with Crippen molar-refractivity contribution in [2.24, 2.45) is 33.3 Å². The van der Waals surface area contributed by atoms with Crippen LogP contribution in [0.15, 0.2) is 4.99 Å². The van der Waals surface area contributed by atoms with Gasteiger partial charge < -0.3 is 41.9 Å². The number of amidine groups is 4. The number of hydrogen-bond acceptors (Lipinski definition) is 12. The van der Waals surface area contributed by atoms with Gasteiger partial charge in [0.05, 0.1) is 0 Å². The Morgan fingerprint density at radius 3 is 1.18 bits per heavy atom. The van der Waals surface area contributed by atoms with Crippen LogP contribution < -0.4 is 22.9 Å². The zero-order valence-corrected chi connectivity index (χ0v) is 22.8. The third-order valence-corrected chi connectivity index (χ3v) is 8.87. The minimum atomic E-state index is -0.278. The van der Waals surface area contributed by atoms with E-state index >= 15 is 0 Å². The summed E-state index contributed by atoms with van der Waals surface area (Å²) >= 11 is 7.05. The molecular formula is C18H38N8O4S4. The second kappa shape index (κ2) is 20.8. The van der Waals surface area contributed by atoms with E-state index in [1.807, 2.05) is 0 Å². The molecule has 0 rings (SSSR count). The average Bonchev–Trinajstić information content (AvgIpc) is 2.77. The molecule has 0 aliphatic heterocycles. The maximum atomic E-state index is 7.18. The van der Waals surface area contributed by atoms with Gasteiger partial charge in [0, 0.05) is 58.5 Å². The first-order valence-electron chi connectivity index (χ1n) is 10.3. The molecule has 0 saturated heterocycles. The highest BCUT2D eigenvalue weighted by atomic mass is 32.2. The van der Waals surface area contributed by atoms with Crippen LogP contribution in [0.4, 0.5) is 0 Å². The fraction of sp³-hybridized carbons (Fsp3) is 0.778. The summed E-state index contributed by atoms with van der Waals surface area (Å²) in [5.41, 5.74) is 21.3. The molecular weight excluding hydrogens is 521 g/mol. The number of thioether (sulfide) groups is 4. The summed E-state index contributed by atoms with van der Waals surface area (Å²) in [6.45, 7) is 1.62. The molecule has 0 aliphatic rings. The SMILES string of the molecule is CN=C(N)OCCSCC(CSCCOC(=N)N)(CSCCOC(=N)N)CSCCOC(=N)N. The molecule has 0 aromatic carbocycles. The van der Waals surface area contributed by atoms with Crippen LogP contribution in [0.5, 0.6) is 0 Å². The Kier molecular flexibility index (Phi) is 19.9. The van der Waals surface area contributed by atoms with E-state index in [0.29, 0.717) is 26.4 Å². The lowest BCUT2D eigenvalue weighted by molar-refractivity contribution is 0.322. The highest BCUT2D eigenvalue weighted by molar-refractivity contribution is 8.02. The Bertz CT molecular complexity index is 571. The standard InChI is InChI=1S/C18H38N8O4S4/c1-26-17(25)30-5-9-34-13-18(10-31-6-2-27-14(19)20,11-32-7-3-28-15(21)22)12-33-8-4-29-16(23)24/h2-13H2,1H3,(H3,19,20)(H3,21,22)(H3,23,24)(H2,25,26). The molecule has 0 amide bonds. The zero-order chi connectivity index (χ0) is 25.7. The molecule has 0 bridgehead atoms. The van der Waals surface area contributed by atoms with Crippen molar-refractivity contribution in [2.45, 2.75) is 0 Å². The van der Waals surface area contributed by atoms with Crippen molar-refractivity contribution >= 4 is 71.1 Å². The molecule has 0 unspecified atom stereocenters. The Morgan fingerprint density at radius 2 is 0.912 bits per heavy atom. The lowest BCUT2D eigenvalue weighted by Crippen LogP contribution is -2.34. The van der Waals surface area contributed by atoms with E-state index in [0.717, 1.165) is 46.0 Å². The van der Waals surface area contributed by atoms with Gasteiger partial charge in [-0.2, -0.15) is 47.0 Å². The molecule has 0 spiro atoms. The smallest absolute Gasteiger partial charge is 0.281 e. The zero-order valence-electron chi connectivity index (χ0n) is 19.5. The van der Waals surface area contributed by atoms with E-state index in [2.05, 4.69) is 4.99 Å². The quantitative estimate of drug-likeness (QED) is 0.0619. The van der Waals surface area contributed by atoms with Gasteiger partial charge in [0.25, 0.3) is 24.1 Å². The Balaban J connectivity index is 4.98. The highest BCUT2D eigenvalue weighted by Gasteiger charge is 2.30. The largest absolute Gasteiger partial charge is 0.465 e. The monoisotopic (exact) mass is 558 g/mol. The number of nitrogens with two attached hydrogens (primary N) is 4. The van der Waals surface area contributed by atoms with Crippen LogP contribution in [0.1, 0.15) is 0 Å². The van der Waals surface area contributed by atoms with E-state index in [4.69, 9.17) is 58.1 Å². The molecule has 0 aromatic rings. The average molecular weight is 559 g/mol. The molecule has 198 valence electrons. The maximum absolute atomic E-state index is 7.18. The van der Waals surface area contributed by atoms with Crippen molar-refractivity contribution in [3.05, 3.63) is 0 Å². The first kappa shape index (κ1) is 32.5. The van der Waals surface area contributed by atoms with Gasteiger partial charge in [-0.3, -0.25) is 16.2 Å². The van der Waals surface area contributed by atoms with Crippen LogP contribution in [-0.4, -0.2) is 104 Å². The van der Waals surface area contributed by atoms with E-state index in [1.54, 1.807) is 54.1 Å². The molecule has 0 saturated carbocycles. The Morgan fingerprint density at radius 1 is 0.618 bits per heavy atom. The number of ether oxygens (including phenoxy) is 4. The first-order chi connectivity index (χ1) is 16.2. The van der Waals surface area contributed by atoms with E-state index < -0.39 is 0 Å². The fourth-order valence-electron chi connectivity index (χ4n) is 2.31. The van der Waals surface area contributed by atoms with Gasteiger partial charge in [0.1, 0.15) is 26.4 Å². The van der Waals surface area contributed by atoms with Crippen LogP contribution in [0.3, 0.4) is 0 Å². The first-order valence-corrected chi connectivity index (χ1v) is 14.9. The van der Waals surface area contributed by atoms with Crippen LogP contribution in [-0.2, 0) is 18.9 Å². The summed E-state index contributed by atoms with van der Waals surface area (Å²) in [4.78, 5) is 3.79. The number of rotatable bonds is 20. The van der Waals surface area contributed by atoms with Crippen LogP contribution in [0.25, 0.3) is 0 Å². The van der Waals surface area contributed by atoms with Crippen molar-refractivity contribution in [3.8, 4) is 0 Å². The molecule has 16 heteroatoms. The third kappa shape index (κ3) is 19.9. The minimum Gasteiger partial charge on any atom is -0.465 e. The maximum Gasteiger partial charge on any atom is 0.281 e. The van der Waals surface area contributed by atoms with Crippen molar-refractivity contribution in [1.82, 2.24) is 0 Å². The van der Waals surface area contributed by atoms with Gasteiger partial charge in [-0.1, -0.05) is 0 Å². The van der Waals surface area contributed by atoms with Gasteiger partial charge >= 0.3 is 0 Å². The number of aliphatic imine (C=N–C) groups is 1. The molecule has 0 radical (unpaired) electrons. The Labute approximate surface area is 218 Å². The number of nitrogens with zero attached hydrogens (tertiary/aromatic N) is 1. The summed E-state index contributed by atoms with van der Waals surface area (Å²) in [7, 11) is 1.58. The van der Waals surface area contributed by atoms with Gasteiger partial charge in [0.2, 0.25) is 0 Å². The lowest BCUT2D eigenvalue weighted by atomic mass is 9.99. The predicted octanol–water partition coefficient (Wildman–Crippen LogP) is 0.597. The summed E-state index contributed by atoms with van der Waals surface area (Å²) in [5.74, 6) is 6.44. The molecule has 0 aromatic heterocycles. The second-order valence-corrected chi connectivity index (χ2v) is 11.2. The molecule has 0 aliphatic carbocycles. The van der Waals surface area contributed by atoms with E-state index in [1.165, 1.54) is 0 Å². The van der Waals surface area contributed by atoms with Crippen LogP contribution in [0, 0.1) is 21.6 Å². The molecule has 11 N–H and O–H groups in total. The summed E-state index contributed by atoms with van der Waals surface area (Å²) in [5, 5.41) is 21.6. The summed E-state index contributed by atoms with van der Waals surface area (Å²) in [6.07, 6.45) is 0. The van der Waals surface area contributed by atoms with Gasteiger partial charge in [0.15, 0.2) is 0 Å². The normalized spacial score (nSPS) is 13.0. The highest BCUT2D eigenvalue weighted by Crippen LogP contribution is 2.35. The van der Waals surface area contributed by atoms with Crippen molar-refractivity contribution in [2.75, 3.05) is 79.5 Å². The van der Waals surface area contributed by atoms with Gasteiger partial charge in [-0.05, 0) is 0 Å². The van der Waals surface area contributed by atoms with Crippen LogP contribution in [0.2, 0.25) is 0 Å². The molecule has 34 heavy (non-hydrogen) atoms. The topological polar surface area (TPSA) is 225 Å². The summed E-state index contributed by atoms with van der Waals surface area (Å²) in [6, 6.07) is -0.659. The van der Waals surface area contributed by atoms with E-state index in [-0.39, 0.29) is 29.5 Å². The minimum absolute atomic E-state index is 0.0300. The van der Waals surface area contributed by atoms with Crippen molar-refractivity contribution in [1.29, 1.82) is 16.2 Å². The molecule has 0 fully saturated rings. The molecule has 0 heterocycles. The van der Waals surface area contributed by atoms with E-state index in [9.17, 15) is 0 Å². The number of hydrogen-bond donors (Lipinski definition) is 7. The molecule has 12 nitrogen and oxygen atoms in total. The van der Waals surface area contributed by atoms with Crippen molar-refractivity contribution < 1.29 is 18.9 Å².